The van der Waals surface area contributed by atoms with Crippen molar-refractivity contribution in [2.75, 3.05) is 26.6 Å². The van der Waals surface area contributed by atoms with Crippen molar-refractivity contribution in [2.24, 2.45) is 5.92 Å². The average molecular weight is 395 g/mol. The molecule has 0 spiro atoms. The summed E-state index contributed by atoms with van der Waals surface area (Å²) in [5.41, 5.74) is 0.520. The second-order valence-corrected chi connectivity index (χ2v) is 7.34. The van der Waals surface area contributed by atoms with E-state index in [9.17, 15) is 9.90 Å². The molecule has 2 aromatic rings. The fourth-order valence-corrected chi connectivity index (χ4v) is 3.85. The molecule has 0 bridgehead atoms. The predicted molar refractivity (Wildman–Crippen MR) is 108 cm³/mol. The number of fused-ring (bicyclic) bond motifs is 1. The van der Waals surface area contributed by atoms with E-state index in [1.54, 1.807) is 6.08 Å². The van der Waals surface area contributed by atoms with E-state index in [2.05, 4.69) is 5.32 Å². The third-order valence-electron chi connectivity index (χ3n) is 5.53. The lowest BCUT2D eigenvalue weighted by molar-refractivity contribution is -0.119. The van der Waals surface area contributed by atoms with Crippen molar-refractivity contribution in [3.8, 4) is 11.5 Å². The third-order valence-corrected chi connectivity index (χ3v) is 5.53. The van der Waals surface area contributed by atoms with Crippen molar-refractivity contribution in [3.63, 3.8) is 0 Å². The zero-order valence-corrected chi connectivity index (χ0v) is 16.2. The van der Waals surface area contributed by atoms with Crippen LogP contribution in [0, 0.1) is 5.92 Å². The maximum atomic E-state index is 12.4. The highest BCUT2D eigenvalue weighted by Gasteiger charge is 2.39. The Bertz CT molecular complexity index is 876. The Morgan fingerprint density at radius 1 is 1.10 bits per heavy atom. The maximum Gasteiger partial charge on any atom is 0.244 e. The molecule has 6 nitrogen and oxygen atoms in total. The molecule has 6 heteroatoms. The summed E-state index contributed by atoms with van der Waals surface area (Å²) < 4.78 is 16.1. The van der Waals surface area contributed by atoms with E-state index in [-0.39, 0.29) is 25.2 Å². The Morgan fingerprint density at radius 3 is 2.66 bits per heavy atom. The Hall–Kier alpha value is -2.83. The molecule has 1 fully saturated rings. The monoisotopic (exact) mass is 395 g/mol. The Kier molecular flexibility index (Phi) is 5.83. The molecule has 1 amide bonds. The number of amides is 1. The number of carbonyl (C=O) groups is 1. The lowest BCUT2D eigenvalue weighted by Gasteiger charge is -2.39. The second-order valence-electron chi connectivity index (χ2n) is 7.34. The van der Waals surface area contributed by atoms with Gasteiger partial charge in [-0.25, -0.2) is 0 Å². The molecule has 152 valence electrons. The van der Waals surface area contributed by atoms with E-state index in [1.165, 1.54) is 6.08 Å². The first-order chi connectivity index (χ1) is 14.1. The minimum atomic E-state index is -1.13. The van der Waals surface area contributed by atoms with Crippen LogP contribution in [-0.4, -0.2) is 37.6 Å². The largest absolute Gasteiger partial charge is 0.454 e. The second kappa shape index (κ2) is 8.68. The molecule has 2 aliphatic rings. The Balaban J connectivity index is 1.43. The van der Waals surface area contributed by atoms with Gasteiger partial charge in [0.2, 0.25) is 12.7 Å². The summed E-state index contributed by atoms with van der Waals surface area (Å²) in [6.07, 6.45) is 4.70. The predicted octanol–water partition coefficient (Wildman–Crippen LogP) is 2.86. The number of benzene rings is 2. The molecule has 0 saturated carbocycles. The number of hydrogen-bond acceptors (Lipinski definition) is 5. The normalized spacial score (nSPS) is 18.5. The first-order valence-electron chi connectivity index (χ1n) is 9.86. The quantitative estimate of drug-likeness (QED) is 0.736. The summed E-state index contributed by atoms with van der Waals surface area (Å²) in [6, 6.07) is 15.0. The van der Waals surface area contributed by atoms with Gasteiger partial charge in [0.15, 0.2) is 11.5 Å². The van der Waals surface area contributed by atoms with Gasteiger partial charge in [-0.2, -0.15) is 0 Å². The zero-order valence-electron chi connectivity index (χ0n) is 16.2. The van der Waals surface area contributed by atoms with E-state index in [0.717, 1.165) is 24.0 Å². The molecule has 0 unspecified atom stereocenters. The third kappa shape index (κ3) is 4.44. The van der Waals surface area contributed by atoms with Gasteiger partial charge in [-0.15, -0.1) is 0 Å². The van der Waals surface area contributed by atoms with Crippen molar-refractivity contribution in [1.29, 1.82) is 0 Å². The van der Waals surface area contributed by atoms with Crippen molar-refractivity contribution in [2.45, 2.75) is 18.4 Å². The van der Waals surface area contributed by atoms with E-state index in [1.807, 2.05) is 48.5 Å². The molecule has 1 atom stereocenters. The topological polar surface area (TPSA) is 77.0 Å². The number of nitrogens with one attached hydrogen (secondary N) is 1. The highest BCUT2D eigenvalue weighted by molar-refractivity contribution is 5.91. The van der Waals surface area contributed by atoms with E-state index >= 15 is 0 Å². The van der Waals surface area contributed by atoms with E-state index < -0.39 is 5.60 Å². The van der Waals surface area contributed by atoms with Crippen molar-refractivity contribution < 1.29 is 24.1 Å². The van der Waals surface area contributed by atoms with Gasteiger partial charge in [0.05, 0.1) is 6.54 Å². The molecule has 4 rings (SSSR count). The smallest absolute Gasteiger partial charge is 0.244 e. The summed E-state index contributed by atoms with van der Waals surface area (Å²) in [7, 11) is 0. The van der Waals surface area contributed by atoms with E-state index in [4.69, 9.17) is 14.2 Å². The van der Waals surface area contributed by atoms with Crippen molar-refractivity contribution in [3.05, 3.63) is 65.7 Å². The fourth-order valence-electron chi connectivity index (χ4n) is 3.85. The molecule has 0 aromatic heterocycles. The van der Waals surface area contributed by atoms with Gasteiger partial charge in [-0.3, -0.25) is 4.79 Å². The van der Waals surface area contributed by atoms with Gasteiger partial charge >= 0.3 is 0 Å². The van der Waals surface area contributed by atoms with Crippen LogP contribution in [-0.2, 0) is 15.1 Å². The average Bonchev–Trinajstić information content (AvgIpc) is 3.25. The highest BCUT2D eigenvalue weighted by atomic mass is 16.7. The van der Waals surface area contributed by atoms with Gasteiger partial charge in [0.1, 0.15) is 5.60 Å². The lowest BCUT2D eigenvalue weighted by Crippen LogP contribution is -2.47. The number of ether oxygens (including phenoxy) is 3. The fraction of sp³-hybridized carbons (Fsp3) is 0.348. The van der Waals surface area contributed by atoms with Crippen molar-refractivity contribution >= 4 is 12.0 Å². The number of carbonyl (C=O) groups excluding carboxylic acids is 1. The SMILES string of the molecule is O=C(/C=C/c1ccc2c(c1)OCO2)NC[C@@](O)(c1ccccc1)C1CCOCC1. The zero-order chi connectivity index (χ0) is 20.1. The molecule has 2 heterocycles. The van der Waals surface area contributed by atoms with Gasteiger partial charge in [0.25, 0.3) is 0 Å². The minimum Gasteiger partial charge on any atom is -0.454 e. The van der Waals surface area contributed by atoms with Crippen LogP contribution in [0.2, 0.25) is 0 Å². The Morgan fingerprint density at radius 2 is 1.86 bits per heavy atom. The maximum absolute atomic E-state index is 12.4. The molecule has 0 radical (unpaired) electrons. The first-order valence-corrected chi connectivity index (χ1v) is 9.86. The molecule has 2 aromatic carbocycles. The van der Waals surface area contributed by atoms with Gasteiger partial charge < -0.3 is 24.6 Å². The molecular weight excluding hydrogens is 370 g/mol. The van der Waals surface area contributed by atoms with Crippen LogP contribution in [0.3, 0.4) is 0 Å². The number of hydrogen-bond donors (Lipinski definition) is 2. The van der Waals surface area contributed by atoms with Crippen molar-refractivity contribution in [1.82, 2.24) is 5.32 Å². The molecule has 29 heavy (non-hydrogen) atoms. The van der Waals surface area contributed by atoms with Gasteiger partial charge in [-0.1, -0.05) is 36.4 Å². The summed E-state index contributed by atoms with van der Waals surface area (Å²) in [4.78, 5) is 12.4. The highest BCUT2D eigenvalue weighted by Crippen LogP contribution is 2.36. The van der Waals surface area contributed by atoms with Crippen LogP contribution >= 0.6 is 0 Å². The van der Waals surface area contributed by atoms with Gasteiger partial charge in [0, 0.05) is 19.3 Å². The van der Waals surface area contributed by atoms with Crippen LogP contribution in [0.1, 0.15) is 24.0 Å². The summed E-state index contributed by atoms with van der Waals surface area (Å²) >= 11 is 0. The summed E-state index contributed by atoms with van der Waals surface area (Å²) in [5, 5.41) is 14.4. The summed E-state index contributed by atoms with van der Waals surface area (Å²) in [6.45, 7) is 1.61. The lowest BCUT2D eigenvalue weighted by atomic mass is 9.77. The molecule has 2 aliphatic heterocycles. The summed E-state index contributed by atoms with van der Waals surface area (Å²) in [5.74, 6) is 1.14. The number of aliphatic hydroxyl groups is 1. The molecule has 0 aliphatic carbocycles. The van der Waals surface area contributed by atoms with Crippen LogP contribution in [0.5, 0.6) is 11.5 Å². The van der Waals surface area contributed by atoms with E-state index in [0.29, 0.717) is 24.7 Å². The standard InChI is InChI=1S/C23H25NO5/c25-22(9-7-17-6-8-20-21(14-17)29-16-28-20)24-15-23(26,18-4-2-1-3-5-18)19-10-12-27-13-11-19/h1-9,14,19,26H,10-13,15-16H2,(H,24,25)/b9-7+/t23-/m1/s1. The van der Waals surface area contributed by atoms with Crippen LogP contribution in [0.25, 0.3) is 6.08 Å². The molecule has 2 N–H and O–H groups in total. The minimum absolute atomic E-state index is 0.0248. The Labute approximate surface area is 170 Å². The van der Waals surface area contributed by atoms with Crippen LogP contribution in [0.4, 0.5) is 0 Å². The van der Waals surface area contributed by atoms with Crippen LogP contribution in [0.15, 0.2) is 54.6 Å². The molecular formula is C23H25NO5. The van der Waals surface area contributed by atoms with Crippen LogP contribution < -0.4 is 14.8 Å². The van der Waals surface area contributed by atoms with Gasteiger partial charge in [-0.05, 0) is 48.1 Å². The first kappa shape index (κ1) is 19.5. The molecule has 1 saturated heterocycles. The number of rotatable bonds is 6.